The van der Waals surface area contributed by atoms with E-state index in [2.05, 4.69) is 0 Å². The highest BCUT2D eigenvalue weighted by molar-refractivity contribution is 6.34. The molecule has 2 bridgehead atoms. The van der Waals surface area contributed by atoms with E-state index in [1.807, 2.05) is 74.5 Å². The minimum absolute atomic E-state index is 0.0508. The Morgan fingerprint density at radius 2 is 1.06 bits per heavy atom. The van der Waals surface area contributed by atoms with Crippen molar-refractivity contribution < 1.29 is 14.4 Å². The fraction of sp³-hybridized carbons (Fsp3) is 0.207. The molecule has 2 fully saturated rings. The molecule has 0 unspecified atom stereocenters. The molecule has 1 saturated heterocycles. The topological polar surface area (TPSA) is 54.5 Å². The van der Waals surface area contributed by atoms with Crippen LogP contribution >= 0.6 is 11.6 Å². The summed E-state index contributed by atoms with van der Waals surface area (Å²) in [5.41, 5.74) is 1.78. The summed E-state index contributed by atoms with van der Waals surface area (Å²) < 4.78 is 0. The first-order chi connectivity index (χ1) is 16.3. The van der Waals surface area contributed by atoms with Crippen molar-refractivity contribution in [2.24, 2.45) is 22.7 Å². The van der Waals surface area contributed by atoms with Crippen LogP contribution in [0.4, 0.5) is 5.69 Å². The number of nitrogens with zero attached hydrogens (tertiary/aromatic N) is 1. The third-order valence-electron chi connectivity index (χ3n) is 7.99. The van der Waals surface area contributed by atoms with E-state index in [0.29, 0.717) is 10.7 Å². The van der Waals surface area contributed by atoms with Crippen LogP contribution in [-0.2, 0) is 14.4 Å². The van der Waals surface area contributed by atoms with Crippen LogP contribution in [0.3, 0.4) is 0 Å². The molecule has 1 heterocycles. The highest BCUT2D eigenvalue weighted by Crippen LogP contribution is 2.73. The summed E-state index contributed by atoms with van der Waals surface area (Å²) in [5.74, 6) is -2.20. The zero-order valence-corrected chi connectivity index (χ0v) is 19.5. The van der Waals surface area contributed by atoms with Crippen LogP contribution in [-0.4, -0.2) is 17.6 Å². The monoisotopic (exact) mass is 467 g/mol. The lowest BCUT2D eigenvalue weighted by atomic mass is 9.63. The van der Waals surface area contributed by atoms with Gasteiger partial charge in [0.1, 0.15) is 0 Å². The fourth-order valence-electron chi connectivity index (χ4n) is 6.65. The second kappa shape index (κ2) is 7.00. The minimum Gasteiger partial charge on any atom is -0.298 e. The number of rotatable bonds is 3. The van der Waals surface area contributed by atoms with Gasteiger partial charge in [0.2, 0.25) is 11.8 Å². The first-order valence-electron chi connectivity index (χ1n) is 11.4. The van der Waals surface area contributed by atoms with Gasteiger partial charge in [-0.2, -0.15) is 0 Å². The number of fused-ring (bicyclic) bond motifs is 5. The third-order valence-corrected chi connectivity index (χ3v) is 8.24. The van der Waals surface area contributed by atoms with Crippen molar-refractivity contribution in [2.75, 3.05) is 4.90 Å². The molecular weight excluding hydrogens is 446 g/mol. The van der Waals surface area contributed by atoms with Crippen LogP contribution in [0.15, 0.2) is 84.9 Å². The average Bonchev–Trinajstić information content (AvgIpc) is 3.30. The summed E-state index contributed by atoms with van der Waals surface area (Å²) in [6.07, 6.45) is 0. The number of hydrogen-bond donors (Lipinski definition) is 0. The molecule has 2 aliphatic carbocycles. The SMILES string of the molecule is C[C@]12C(=O)[C@@](C)(C(c3ccccc3)=C1c1ccccc1)[C@@H]1C(=O)N(c3ccc(Cl)cc3)C(=O)[C@H]12. The van der Waals surface area contributed by atoms with E-state index >= 15 is 0 Å². The van der Waals surface area contributed by atoms with Crippen molar-refractivity contribution in [3.8, 4) is 0 Å². The number of allylic oxidation sites excluding steroid dienone is 2. The normalized spacial score (nSPS) is 29.9. The molecule has 0 aromatic heterocycles. The summed E-state index contributed by atoms with van der Waals surface area (Å²) in [6.45, 7) is 3.71. The third kappa shape index (κ3) is 2.41. The standard InChI is InChI=1S/C29H22ClNO3/c1-28-21(17-9-5-3-6-10-17)22(18-11-7-4-8-12-18)29(2,27(28)34)24-23(28)25(32)31(26(24)33)20-15-13-19(30)14-16-20/h3-16,23-24H,1-2H3/t23-,24-,28-,29-/m0/s1. The van der Waals surface area contributed by atoms with E-state index in [9.17, 15) is 14.4 Å². The van der Waals surface area contributed by atoms with E-state index in [4.69, 9.17) is 11.6 Å². The first-order valence-corrected chi connectivity index (χ1v) is 11.7. The smallest absolute Gasteiger partial charge is 0.239 e. The molecule has 0 spiro atoms. The Morgan fingerprint density at radius 3 is 1.47 bits per heavy atom. The second-order valence-corrected chi connectivity index (χ2v) is 10.1. The van der Waals surface area contributed by atoms with Gasteiger partial charge in [0, 0.05) is 5.02 Å². The molecule has 6 rings (SSSR count). The molecule has 5 heteroatoms. The van der Waals surface area contributed by atoms with Crippen LogP contribution in [0, 0.1) is 22.7 Å². The van der Waals surface area contributed by atoms with E-state index in [1.165, 1.54) is 4.90 Å². The molecule has 168 valence electrons. The van der Waals surface area contributed by atoms with E-state index in [-0.39, 0.29) is 17.6 Å². The molecule has 3 aromatic rings. The van der Waals surface area contributed by atoms with Gasteiger partial charge in [0.15, 0.2) is 5.78 Å². The summed E-state index contributed by atoms with van der Waals surface area (Å²) >= 11 is 6.04. The Bertz CT molecular complexity index is 1310. The molecule has 2 amide bonds. The summed E-state index contributed by atoms with van der Waals surface area (Å²) in [5, 5.41) is 0.525. The van der Waals surface area contributed by atoms with Crippen molar-refractivity contribution in [2.45, 2.75) is 13.8 Å². The van der Waals surface area contributed by atoms with Crippen molar-refractivity contribution in [1.29, 1.82) is 0 Å². The van der Waals surface area contributed by atoms with Gasteiger partial charge in [-0.3, -0.25) is 14.4 Å². The summed E-state index contributed by atoms with van der Waals surface area (Å²) in [4.78, 5) is 43.2. The largest absolute Gasteiger partial charge is 0.298 e. The lowest BCUT2D eigenvalue weighted by Gasteiger charge is -2.35. The Kier molecular flexibility index (Phi) is 4.34. The predicted octanol–water partition coefficient (Wildman–Crippen LogP) is 5.67. The van der Waals surface area contributed by atoms with Gasteiger partial charge in [-0.1, -0.05) is 72.3 Å². The number of benzene rings is 3. The van der Waals surface area contributed by atoms with Gasteiger partial charge < -0.3 is 0 Å². The highest BCUT2D eigenvalue weighted by atomic mass is 35.5. The molecule has 0 radical (unpaired) electrons. The Hall–Kier alpha value is -3.50. The highest BCUT2D eigenvalue weighted by Gasteiger charge is 2.78. The number of carbonyl (C=O) groups is 3. The van der Waals surface area contributed by atoms with Gasteiger partial charge in [-0.05, 0) is 60.4 Å². The molecule has 0 N–H and O–H groups in total. The fourth-order valence-corrected chi connectivity index (χ4v) is 6.78. The van der Waals surface area contributed by atoms with E-state index in [1.54, 1.807) is 24.3 Å². The molecule has 4 atom stereocenters. The molecule has 3 aliphatic rings. The maximum absolute atomic E-state index is 14.2. The molecule has 34 heavy (non-hydrogen) atoms. The van der Waals surface area contributed by atoms with Crippen LogP contribution in [0.5, 0.6) is 0 Å². The van der Waals surface area contributed by atoms with Gasteiger partial charge in [0.25, 0.3) is 0 Å². The summed E-state index contributed by atoms with van der Waals surface area (Å²) in [6, 6.07) is 26.2. The number of ketones is 1. The molecule has 3 aromatic carbocycles. The quantitative estimate of drug-likeness (QED) is 0.466. The van der Waals surface area contributed by atoms with E-state index < -0.39 is 22.7 Å². The van der Waals surface area contributed by atoms with Crippen LogP contribution in [0.25, 0.3) is 11.1 Å². The van der Waals surface area contributed by atoms with Crippen LogP contribution in [0.1, 0.15) is 25.0 Å². The lowest BCUT2D eigenvalue weighted by Crippen LogP contribution is -2.40. The predicted molar refractivity (Wildman–Crippen MR) is 132 cm³/mol. The number of Topliss-reactive ketones (excluding diaryl/α,β-unsaturated/α-hetero) is 1. The van der Waals surface area contributed by atoms with Gasteiger partial charge in [0.05, 0.1) is 28.4 Å². The van der Waals surface area contributed by atoms with Crippen molar-refractivity contribution in [3.05, 3.63) is 101 Å². The second-order valence-electron chi connectivity index (χ2n) is 9.66. The molecule has 1 saturated carbocycles. The summed E-state index contributed by atoms with van der Waals surface area (Å²) in [7, 11) is 0. The first kappa shape index (κ1) is 21.1. The number of hydrogen-bond acceptors (Lipinski definition) is 3. The number of carbonyl (C=O) groups excluding carboxylic acids is 3. The van der Waals surface area contributed by atoms with Gasteiger partial charge in [-0.25, -0.2) is 4.90 Å². The maximum atomic E-state index is 14.2. The number of imide groups is 1. The zero-order valence-electron chi connectivity index (χ0n) is 18.8. The van der Waals surface area contributed by atoms with Crippen molar-refractivity contribution in [1.82, 2.24) is 0 Å². The van der Waals surface area contributed by atoms with Crippen molar-refractivity contribution >= 4 is 46.0 Å². The number of halogens is 1. The molecule has 1 aliphatic heterocycles. The van der Waals surface area contributed by atoms with Crippen LogP contribution in [0.2, 0.25) is 5.02 Å². The maximum Gasteiger partial charge on any atom is 0.239 e. The van der Waals surface area contributed by atoms with Gasteiger partial charge >= 0.3 is 0 Å². The number of anilines is 1. The molecule has 4 nitrogen and oxygen atoms in total. The van der Waals surface area contributed by atoms with Crippen molar-refractivity contribution in [3.63, 3.8) is 0 Å². The molecular formula is C29H22ClNO3. The zero-order chi connectivity index (χ0) is 23.8. The van der Waals surface area contributed by atoms with E-state index in [0.717, 1.165) is 22.3 Å². The number of amides is 2. The van der Waals surface area contributed by atoms with Gasteiger partial charge in [-0.15, -0.1) is 0 Å². The minimum atomic E-state index is -1.11. The van der Waals surface area contributed by atoms with Crippen LogP contribution < -0.4 is 4.90 Å². The Labute approximate surface area is 202 Å². The Morgan fingerprint density at radius 1 is 0.647 bits per heavy atom. The average molecular weight is 468 g/mol. The lowest BCUT2D eigenvalue weighted by molar-refractivity contribution is -0.133. The Balaban J connectivity index is 1.62.